The van der Waals surface area contributed by atoms with Crippen molar-refractivity contribution in [2.24, 2.45) is 0 Å². The van der Waals surface area contributed by atoms with Crippen LogP contribution in [0.25, 0.3) is 0 Å². The van der Waals surface area contributed by atoms with Gasteiger partial charge in [-0.15, -0.1) is 0 Å². The molecule has 0 fully saturated rings. The van der Waals surface area contributed by atoms with Gasteiger partial charge in [0.1, 0.15) is 11.6 Å². The molecule has 2 aromatic rings. The quantitative estimate of drug-likeness (QED) is 0.692. The largest absolute Gasteiger partial charge is 0.484 e. The summed E-state index contributed by atoms with van der Waals surface area (Å²) < 4.78 is 44.9. The minimum Gasteiger partial charge on any atom is -0.484 e. The first-order valence-electron chi connectivity index (χ1n) is 8.94. The fourth-order valence-electron chi connectivity index (χ4n) is 2.46. The number of sulfonamides is 1. The summed E-state index contributed by atoms with van der Waals surface area (Å²) in [5.41, 5.74) is 0.650. The molecule has 1 unspecified atom stereocenters. The predicted octanol–water partition coefficient (Wildman–Crippen LogP) is 3.09. The Balaban J connectivity index is 2.10. The van der Waals surface area contributed by atoms with Crippen molar-refractivity contribution < 1.29 is 22.3 Å². The number of nitrogens with zero attached hydrogens (tertiary/aromatic N) is 1. The smallest absolute Gasteiger partial charge is 0.258 e. The highest BCUT2D eigenvalue weighted by Gasteiger charge is 2.19. The van der Waals surface area contributed by atoms with Crippen LogP contribution in [0.1, 0.15) is 25.8 Å². The Morgan fingerprint density at radius 3 is 2.39 bits per heavy atom. The normalized spacial score (nSPS) is 12.3. The Morgan fingerprint density at radius 2 is 1.82 bits per heavy atom. The number of carbonyl (C=O) groups excluding carboxylic acids is 1. The second kappa shape index (κ2) is 9.54. The Kier molecular flexibility index (Phi) is 7.39. The van der Waals surface area contributed by atoms with Gasteiger partial charge in [-0.05, 0) is 43.7 Å². The third-order valence-electron chi connectivity index (χ3n) is 4.19. The minimum atomic E-state index is -3.63. The summed E-state index contributed by atoms with van der Waals surface area (Å²) in [5.74, 6) is -0.262. The van der Waals surface area contributed by atoms with Crippen molar-refractivity contribution in [1.29, 1.82) is 0 Å². The summed E-state index contributed by atoms with van der Waals surface area (Å²) in [6.07, 6.45) is 1.89. The minimum absolute atomic E-state index is 0.0696. The second-order valence-corrected chi connectivity index (χ2v) is 8.43. The SMILES string of the molecule is CCC(C)NC(=O)COc1ccc(N(Cc2ccccc2F)S(C)(=O)=O)cc1. The van der Waals surface area contributed by atoms with E-state index in [2.05, 4.69) is 5.32 Å². The van der Waals surface area contributed by atoms with Crippen molar-refractivity contribution in [3.05, 3.63) is 59.9 Å². The van der Waals surface area contributed by atoms with Gasteiger partial charge in [0.25, 0.3) is 5.91 Å². The van der Waals surface area contributed by atoms with Crippen LogP contribution in [0.2, 0.25) is 0 Å². The van der Waals surface area contributed by atoms with E-state index in [1.807, 2.05) is 13.8 Å². The van der Waals surface area contributed by atoms with Gasteiger partial charge in [0, 0.05) is 11.6 Å². The predicted molar refractivity (Wildman–Crippen MR) is 107 cm³/mol. The monoisotopic (exact) mass is 408 g/mol. The molecule has 2 aromatic carbocycles. The highest BCUT2D eigenvalue weighted by atomic mass is 32.2. The van der Waals surface area contributed by atoms with Gasteiger partial charge < -0.3 is 10.1 Å². The number of ether oxygens (including phenoxy) is 1. The molecule has 6 nitrogen and oxygen atoms in total. The van der Waals surface area contributed by atoms with Crippen LogP contribution in [-0.4, -0.2) is 33.2 Å². The van der Waals surface area contributed by atoms with Gasteiger partial charge in [0.15, 0.2) is 6.61 Å². The van der Waals surface area contributed by atoms with E-state index in [4.69, 9.17) is 4.74 Å². The number of amides is 1. The van der Waals surface area contributed by atoms with Gasteiger partial charge in [-0.1, -0.05) is 25.1 Å². The molecule has 0 spiro atoms. The van der Waals surface area contributed by atoms with Gasteiger partial charge in [0.2, 0.25) is 10.0 Å². The molecule has 0 aromatic heterocycles. The summed E-state index contributed by atoms with van der Waals surface area (Å²) in [7, 11) is -3.63. The summed E-state index contributed by atoms with van der Waals surface area (Å²) in [6.45, 7) is 3.62. The van der Waals surface area contributed by atoms with Gasteiger partial charge >= 0.3 is 0 Å². The third-order valence-corrected chi connectivity index (χ3v) is 5.33. The zero-order valence-electron chi connectivity index (χ0n) is 16.2. The first kappa shape index (κ1) is 21.7. The average molecular weight is 408 g/mol. The number of rotatable bonds is 9. The highest BCUT2D eigenvalue weighted by Crippen LogP contribution is 2.24. The van der Waals surface area contributed by atoms with Crippen LogP contribution in [0.3, 0.4) is 0 Å². The molecule has 0 saturated heterocycles. The lowest BCUT2D eigenvalue weighted by atomic mass is 10.2. The molecule has 0 aliphatic rings. The molecule has 1 amide bonds. The number of nitrogens with one attached hydrogen (secondary N) is 1. The molecule has 8 heteroatoms. The van der Waals surface area contributed by atoms with Crippen molar-refractivity contribution in [1.82, 2.24) is 5.32 Å². The molecule has 28 heavy (non-hydrogen) atoms. The van der Waals surface area contributed by atoms with Crippen molar-refractivity contribution >= 4 is 21.6 Å². The number of benzene rings is 2. The van der Waals surface area contributed by atoms with Gasteiger partial charge in [0.05, 0.1) is 18.5 Å². The maximum atomic E-state index is 13.9. The lowest BCUT2D eigenvalue weighted by molar-refractivity contribution is -0.123. The van der Waals surface area contributed by atoms with Crippen LogP contribution in [0.15, 0.2) is 48.5 Å². The lowest BCUT2D eigenvalue weighted by Crippen LogP contribution is -2.35. The molecule has 2 rings (SSSR count). The number of carbonyl (C=O) groups is 1. The van der Waals surface area contributed by atoms with Gasteiger partial charge in [-0.3, -0.25) is 9.10 Å². The fourth-order valence-corrected chi connectivity index (χ4v) is 3.34. The molecule has 0 aliphatic carbocycles. The van der Waals surface area contributed by atoms with Crippen LogP contribution >= 0.6 is 0 Å². The van der Waals surface area contributed by atoms with Crippen LogP contribution in [0, 0.1) is 5.82 Å². The van der Waals surface area contributed by atoms with Crippen molar-refractivity contribution in [2.75, 3.05) is 17.2 Å². The Bertz CT molecular complexity index is 901. The molecule has 1 N–H and O–H groups in total. The van der Waals surface area contributed by atoms with Crippen molar-refractivity contribution in [3.63, 3.8) is 0 Å². The molecule has 0 aliphatic heterocycles. The summed E-state index contributed by atoms with van der Waals surface area (Å²) in [6, 6.07) is 12.4. The van der Waals surface area contributed by atoms with Crippen LogP contribution < -0.4 is 14.4 Å². The molecular formula is C20H25FN2O4S. The topological polar surface area (TPSA) is 75.7 Å². The maximum absolute atomic E-state index is 13.9. The van der Waals surface area contributed by atoms with E-state index < -0.39 is 15.8 Å². The number of anilines is 1. The summed E-state index contributed by atoms with van der Waals surface area (Å²) in [5, 5.41) is 2.79. The zero-order chi connectivity index (χ0) is 20.7. The van der Waals surface area contributed by atoms with Gasteiger partial charge in [-0.2, -0.15) is 0 Å². The van der Waals surface area contributed by atoms with E-state index in [9.17, 15) is 17.6 Å². The van der Waals surface area contributed by atoms with E-state index in [0.29, 0.717) is 11.4 Å². The molecule has 0 heterocycles. The van der Waals surface area contributed by atoms with Crippen LogP contribution in [-0.2, 0) is 21.4 Å². The maximum Gasteiger partial charge on any atom is 0.258 e. The Hall–Kier alpha value is -2.61. The summed E-state index contributed by atoms with van der Waals surface area (Å²) in [4.78, 5) is 11.8. The molecule has 1 atom stereocenters. The fraction of sp³-hybridized carbons (Fsp3) is 0.350. The lowest BCUT2D eigenvalue weighted by Gasteiger charge is -2.23. The van der Waals surface area contributed by atoms with E-state index in [1.165, 1.54) is 6.07 Å². The van der Waals surface area contributed by atoms with E-state index in [1.54, 1.807) is 42.5 Å². The molecular weight excluding hydrogens is 383 g/mol. The molecule has 0 saturated carbocycles. The van der Waals surface area contributed by atoms with E-state index in [-0.39, 0.29) is 30.7 Å². The first-order chi connectivity index (χ1) is 13.2. The third kappa shape index (κ3) is 6.23. The summed E-state index contributed by atoms with van der Waals surface area (Å²) >= 11 is 0. The van der Waals surface area contributed by atoms with E-state index >= 15 is 0 Å². The number of hydrogen-bond acceptors (Lipinski definition) is 4. The number of halogens is 1. The average Bonchev–Trinajstić information content (AvgIpc) is 2.65. The Labute approximate surface area is 165 Å². The van der Waals surface area contributed by atoms with Gasteiger partial charge in [-0.25, -0.2) is 12.8 Å². The number of hydrogen-bond donors (Lipinski definition) is 1. The van der Waals surface area contributed by atoms with Crippen molar-refractivity contribution in [3.8, 4) is 5.75 Å². The van der Waals surface area contributed by atoms with Crippen LogP contribution in [0.4, 0.5) is 10.1 Å². The standard InChI is InChI=1S/C20H25FN2O4S/c1-4-15(2)22-20(24)14-27-18-11-9-17(10-12-18)23(28(3,25)26)13-16-7-5-6-8-19(16)21/h5-12,15H,4,13-14H2,1-3H3,(H,22,24). The van der Waals surface area contributed by atoms with E-state index in [0.717, 1.165) is 17.0 Å². The first-order valence-corrected chi connectivity index (χ1v) is 10.8. The molecule has 152 valence electrons. The second-order valence-electron chi connectivity index (χ2n) is 6.52. The van der Waals surface area contributed by atoms with Crippen LogP contribution in [0.5, 0.6) is 5.75 Å². The molecule has 0 bridgehead atoms. The zero-order valence-corrected chi connectivity index (χ0v) is 17.0. The van der Waals surface area contributed by atoms with Crippen molar-refractivity contribution in [2.45, 2.75) is 32.9 Å². The Morgan fingerprint density at radius 1 is 1.18 bits per heavy atom. The highest BCUT2D eigenvalue weighted by molar-refractivity contribution is 7.92. The molecule has 0 radical (unpaired) electrons.